The van der Waals surface area contributed by atoms with Crippen molar-refractivity contribution in [3.05, 3.63) is 59.2 Å². The normalized spacial score (nSPS) is 12.5. The Bertz CT molecular complexity index is 513. The molecule has 2 aromatic carbocycles. The molecule has 2 rings (SSSR count). The summed E-state index contributed by atoms with van der Waals surface area (Å²) in [6.45, 7) is 6.53. The summed E-state index contributed by atoms with van der Waals surface area (Å²) in [6.07, 6.45) is 0. The summed E-state index contributed by atoms with van der Waals surface area (Å²) >= 11 is 3.66. The Morgan fingerprint density at radius 2 is 1.59 bits per heavy atom. The average molecular weight is 289 g/mol. The molecule has 2 aromatic rings. The van der Waals surface area contributed by atoms with Gasteiger partial charge in [0, 0.05) is 4.83 Å². The zero-order chi connectivity index (χ0) is 12.4. The largest absolute Gasteiger partial charge is 0.0842 e. The van der Waals surface area contributed by atoms with Crippen LogP contribution in [0.25, 0.3) is 11.1 Å². The van der Waals surface area contributed by atoms with Crippen LogP contribution in [0.1, 0.15) is 28.4 Å². The maximum Gasteiger partial charge on any atom is 0.0369 e. The molecule has 0 saturated heterocycles. The summed E-state index contributed by atoms with van der Waals surface area (Å²) in [5.41, 5.74) is 6.68. The van der Waals surface area contributed by atoms with E-state index in [1.165, 1.54) is 27.8 Å². The lowest BCUT2D eigenvalue weighted by Gasteiger charge is -2.14. The van der Waals surface area contributed by atoms with E-state index in [2.05, 4.69) is 79.2 Å². The standard InChI is InChI=1S/C16H17Br/c1-11-9-12(2)16(10-15(11)13(3)17)14-7-5-4-6-8-14/h4-10,13H,1-3H3. The first-order valence-corrected chi connectivity index (χ1v) is 6.82. The summed E-state index contributed by atoms with van der Waals surface area (Å²) in [6, 6.07) is 15.1. The first kappa shape index (κ1) is 12.4. The van der Waals surface area contributed by atoms with Crippen LogP contribution in [-0.2, 0) is 0 Å². The predicted molar refractivity (Wildman–Crippen MR) is 78.7 cm³/mol. The maximum atomic E-state index is 3.66. The van der Waals surface area contributed by atoms with E-state index in [0.29, 0.717) is 4.83 Å². The van der Waals surface area contributed by atoms with Gasteiger partial charge in [0.25, 0.3) is 0 Å². The minimum atomic E-state index is 0.394. The molecule has 88 valence electrons. The lowest BCUT2D eigenvalue weighted by atomic mass is 9.94. The number of aryl methyl sites for hydroxylation is 2. The lowest BCUT2D eigenvalue weighted by molar-refractivity contribution is 1.09. The van der Waals surface area contributed by atoms with Crippen LogP contribution < -0.4 is 0 Å². The topological polar surface area (TPSA) is 0 Å². The van der Waals surface area contributed by atoms with Gasteiger partial charge in [-0.3, -0.25) is 0 Å². The number of benzene rings is 2. The summed E-state index contributed by atoms with van der Waals surface area (Å²) in [5.74, 6) is 0. The Balaban J connectivity index is 2.59. The van der Waals surface area contributed by atoms with Gasteiger partial charge in [-0.05, 0) is 54.7 Å². The van der Waals surface area contributed by atoms with Crippen molar-refractivity contribution in [1.29, 1.82) is 0 Å². The second-order valence-electron chi connectivity index (χ2n) is 4.51. The Labute approximate surface area is 112 Å². The smallest absolute Gasteiger partial charge is 0.0369 e. The van der Waals surface area contributed by atoms with Crippen molar-refractivity contribution < 1.29 is 0 Å². The summed E-state index contributed by atoms with van der Waals surface area (Å²) in [4.78, 5) is 0.394. The van der Waals surface area contributed by atoms with Crippen molar-refractivity contribution in [2.24, 2.45) is 0 Å². The summed E-state index contributed by atoms with van der Waals surface area (Å²) < 4.78 is 0. The molecule has 17 heavy (non-hydrogen) atoms. The highest BCUT2D eigenvalue weighted by Gasteiger charge is 2.09. The molecule has 1 heteroatoms. The van der Waals surface area contributed by atoms with Crippen LogP contribution in [0.3, 0.4) is 0 Å². The number of hydrogen-bond acceptors (Lipinski definition) is 0. The second kappa shape index (κ2) is 5.05. The third kappa shape index (κ3) is 2.61. The zero-order valence-electron chi connectivity index (χ0n) is 10.5. The van der Waals surface area contributed by atoms with Gasteiger partial charge in [-0.15, -0.1) is 0 Å². The van der Waals surface area contributed by atoms with E-state index >= 15 is 0 Å². The molecule has 0 aliphatic heterocycles. The van der Waals surface area contributed by atoms with Gasteiger partial charge >= 0.3 is 0 Å². The SMILES string of the molecule is Cc1cc(C)c(C(C)Br)cc1-c1ccccc1. The van der Waals surface area contributed by atoms with Crippen molar-refractivity contribution in [3.8, 4) is 11.1 Å². The molecule has 0 aliphatic rings. The third-order valence-electron chi connectivity index (χ3n) is 3.13. The van der Waals surface area contributed by atoms with Crippen LogP contribution in [0.15, 0.2) is 42.5 Å². The predicted octanol–water partition coefficient (Wildman–Crippen LogP) is 5.43. The van der Waals surface area contributed by atoms with E-state index in [0.717, 1.165) is 0 Å². The fourth-order valence-electron chi connectivity index (χ4n) is 2.23. The zero-order valence-corrected chi connectivity index (χ0v) is 12.1. The molecule has 1 atom stereocenters. The van der Waals surface area contributed by atoms with Crippen LogP contribution in [0.5, 0.6) is 0 Å². The molecular weight excluding hydrogens is 272 g/mol. The van der Waals surface area contributed by atoms with Gasteiger partial charge in [0.1, 0.15) is 0 Å². The van der Waals surface area contributed by atoms with E-state index in [1.54, 1.807) is 0 Å². The van der Waals surface area contributed by atoms with Gasteiger partial charge in [-0.1, -0.05) is 52.3 Å². The molecule has 0 aromatic heterocycles. The van der Waals surface area contributed by atoms with E-state index in [4.69, 9.17) is 0 Å². The Morgan fingerprint density at radius 1 is 0.941 bits per heavy atom. The molecule has 0 amide bonds. The van der Waals surface area contributed by atoms with E-state index in [1.807, 2.05) is 0 Å². The highest BCUT2D eigenvalue weighted by molar-refractivity contribution is 9.09. The second-order valence-corrected chi connectivity index (χ2v) is 5.88. The number of hydrogen-bond donors (Lipinski definition) is 0. The molecule has 0 nitrogen and oxygen atoms in total. The Hall–Kier alpha value is -1.08. The quantitative estimate of drug-likeness (QED) is 0.647. The molecule has 0 saturated carbocycles. The fraction of sp³-hybridized carbons (Fsp3) is 0.250. The van der Waals surface area contributed by atoms with E-state index < -0.39 is 0 Å². The van der Waals surface area contributed by atoms with Crippen molar-refractivity contribution in [3.63, 3.8) is 0 Å². The summed E-state index contributed by atoms with van der Waals surface area (Å²) in [7, 11) is 0. The fourth-order valence-corrected chi connectivity index (χ4v) is 2.72. The summed E-state index contributed by atoms with van der Waals surface area (Å²) in [5, 5.41) is 0. The minimum Gasteiger partial charge on any atom is -0.0842 e. The molecule has 0 fully saturated rings. The van der Waals surface area contributed by atoms with Gasteiger partial charge in [0.2, 0.25) is 0 Å². The van der Waals surface area contributed by atoms with E-state index in [-0.39, 0.29) is 0 Å². The van der Waals surface area contributed by atoms with Crippen LogP contribution in [-0.4, -0.2) is 0 Å². The molecule has 0 N–H and O–H groups in total. The van der Waals surface area contributed by atoms with Gasteiger partial charge in [0.05, 0.1) is 0 Å². The maximum absolute atomic E-state index is 3.66. The van der Waals surface area contributed by atoms with Gasteiger partial charge in [0.15, 0.2) is 0 Å². The number of alkyl halides is 1. The van der Waals surface area contributed by atoms with Crippen molar-refractivity contribution in [2.45, 2.75) is 25.6 Å². The Kier molecular flexibility index (Phi) is 3.68. The van der Waals surface area contributed by atoms with Crippen LogP contribution in [0, 0.1) is 13.8 Å². The molecule has 0 spiro atoms. The molecular formula is C16H17Br. The average Bonchev–Trinajstić information content (AvgIpc) is 2.29. The van der Waals surface area contributed by atoms with Gasteiger partial charge < -0.3 is 0 Å². The van der Waals surface area contributed by atoms with Crippen molar-refractivity contribution >= 4 is 15.9 Å². The van der Waals surface area contributed by atoms with Gasteiger partial charge in [-0.25, -0.2) is 0 Å². The molecule has 0 bridgehead atoms. The monoisotopic (exact) mass is 288 g/mol. The van der Waals surface area contributed by atoms with Crippen molar-refractivity contribution in [1.82, 2.24) is 0 Å². The third-order valence-corrected chi connectivity index (χ3v) is 3.62. The highest BCUT2D eigenvalue weighted by Crippen LogP contribution is 2.32. The molecule has 0 heterocycles. The Morgan fingerprint density at radius 3 is 2.18 bits per heavy atom. The van der Waals surface area contributed by atoms with Crippen LogP contribution in [0.4, 0.5) is 0 Å². The van der Waals surface area contributed by atoms with E-state index in [9.17, 15) is 0 Å². The van der Waals surface area contributed by atoms with Gasteiger partial charge in [-0.2, -0.15) is 0 Å². The first-order valence-electron chi connectivity index (χ1n) is 5.90. The lowest BCUT2D eigenvalue weighted by Crippen LogP contribution is -1.93. The van der Waals surface area contributed by atoms with Crippen molar-refractivity contribution in [2.75, 3.05) is 0 Å². The number of halogens is 1. The van der Waals surface area contributed by atoms with Crippen LogP contribution >= 0.6 is 15.9 Å². The first-order chi connectivity index (χ1) is 8.09. The van der Waals surface area contributed by atoms with Crippen LogP contribution in [0.2, 0.25) is 0 Å². The molecule has 0 radical (unpaired) electrons. The molecule has 0 aliphatic carbocycles. The molecule has 1 unspecified atom stereocenters. The highest BCUT2D eigenvalue weighted by atomic mass is 79.9. The minimum absolute atomic E-state index is 0.394. The number of rotatable bonds is 2.